The molecular formula is C23H27NO5. The third-order valence-electron chi connectivity index (χ3n) is 5.09. The van der Waals surface area contributed by atoms with Crippen molar-refractivity contribution in [3.63, 3.8) is 0 Å². The van der Waals surface area contributed by atoms with E-state index in [4.69, 9.17) is 9.47 Å². The predicted octanol–water partition coefficient (Wildman–Crippen LogP) is 3.08. The fourth-order valence-corrected chi connectivity index (χ4v) is 3.45. The van der Waals surface area contributed by atoms with Gasteiger partial charge >= 0.3 is 12.1 Å². The molecule has 0 saturated heterocycles. The molecule has 6 heteroatoms. The van der Waals surface area contributed by atoms with Crippen molar-refractivity contribution in [3.8, 4) is 0 Å². The molecule has 1 aliphatic carbocycles. The molecule has 2 N–H and O–H groups in total. The first kappa shape index (κ1) is 20.9. The first-order valence-corrected chi connectivity index (χ1v) is 9.94. The molecule has 3 rings (SSSR count). The van der Waals surface area contributed by atoms with Crippen molar-refractivity contribution >= 4 is 12.1 Å². The third kappa shape index (κ3) is 6.06. The van der Waals surface area contributed by atoms with E-state index >= 15 is 0 Å². The lowest BCUT2D eigenvalue weighted by molar-refractivity contribution is -0.145. The molecule has 0 unspecified atom stereocenters. The van der Waals surface area contributed by atoms with Gasteiger partial charge in [-0.25, -0.2) is 4.79 Å². The van der Waals surface area contributed by atoms with Gasteiger partial charge in [0, 0.05) is 5.92 Å². The van der Waals surface area contributed by atoms with Crippen LogP contribution in [0.5, 0.6) is 0 Å². The minimum absolute atomic E-state index is 0.149. The summed E-state index contributed by atoms with van der Waals surface area (Å²) in [5.41, 5.74) is 1.86. The SMILES string of the molecule is CCOC(=O)[C@H]1C[C@@H]1[C@@H](O)[C@H](Cc1ccccc1)NC(=O)OCc1ccccc1. The van der Waals surface area contributed by atoms with E-state index in [1.54, 1.807) is 6.92 Å². The number of hydrogen-bond donors (Lipinski definition) is 2. The van der Waals surface area contributed by atoms with Crippen molar-refractivity contribution in [2.24, 2.45) is 11.8 Å². The molecule has 0 radical (unpaired) electrons. The number of hydrogen-bond acceptors (Lipinski definition) is 5. The van der Waals surface area contributed by atoms with Gasteiger partial charge in [-0.3, -0.25) is 4.79 Å². The van der Waals surface area contributed by atoms with E-state index in [0.29, 0.717) is 19.4 Å². The Kier molecular flexibility index (Phi) is 7.25. The van der Waals surface area contributed by atoms with Gasteiger partial charge in [0.25, 0.3) is 0 Å². The Balaban J connectivity index is 1.61. The Labute approximate surface area is 170 Å². The zero-order chi connectivity index (χ0) is 20.6. The number of ether oxygens (including phenoxy) is 2. The van der Waals surface area contributed by atoms with Crippen LogP contribution < -0.4 is 5.32 Å². The van der Waals surface area contributed by atoms with Crippen LogP contribution in [0.2, 0.25) is 0 Å². The number of amides is 1. The smallest absolute Gasteiger partial charge is 0.407 e. The summed E-state index contributed by atoms with van der Waals surface area (Å²) >= 11 is 0. The summed E-state index contributed by atoms with van der Waals surface area (Å²) in [5, 5.41) is 13.6. The lowest BCUT2D eigenvalue weighted by Gasteiger charge is -2.24. The molecule has 1 aliphatic rings. The molecule has 0 spiro atoms. The molecule has 1 amide bonds. The second-order valence-corrected chi connectivity index (χ2v) is 7.25. The molecule has 1 fully saturated rings. The molecule has 4 atom stereocenters. The molecule has 0 aromatic heterocycles. The van der Waals surface area contributed by atoms with E-state index < -0.39 is 18.2 Å². The Morgan fingerprint density at radius 2 is 1.66 bits per heavy atom. The highest BCUT2D eigenvalue weighted by Crippen LogP contribution is 2.43. The Bertz CT molecular complexity index is 795. The number of carbonyl (C=O) groups is 2. The van der Waals surface area contributed by atoms with Crippen molar-refractivity contribution < 1.29 is 24.2 Å². The van der Waals surface area contributed by atoms with E-state index in [1.165, 1.54) is 0 Å². The molecule has 29 heavy (non-hydrogen) atoms. The van der Waals surface area contributed by atoms with E-state index in [1.807, 2.05) is 60.7 Å². The van der Waals surface area contributed by atoms with Crippen LogP contribution in [0.4, 0.5) is 4.79 Å². The predicted molar refractivity (Wildman–Crippen MR) is 108 cm³/mol. The standard InChI is InChI=1S/C23H27NO5/c1-2-28-22(26)19-14-18(19)21(25)20(13-16-9-5-3-6-10-16)24-23(27)29-15-17-11-7-4-8-12-17/h3-12,18-21,25H,2,13-15H2,1H3,(H,24,27)/t18-,19-,20-,21+/m0/s1. The number of esters is 1. The topological polar surface area (TPSA) is 84.9 Å². The fourth-order valence-electron chi connectivity index (χ4n) is 3.45. The molecule has 2 aromatic carbocycles. The molecule has 0 bridgehead atoms. The van der Waals surface area contributed by atoms with Crippen LogP contribution >= 0.6 is 0 Å². The molecule has 2 aromatic rings. The maximum Gasteiger partial charge on any atom is 0.407 e. The summed E-state index contributed by atoms with van der Waals surface area (Å²) in [7, 11) is 0. The molecule has 1 saturated carbocycles. The number of alkyl carbamates (subject to hydrolysis) is 1. The Morgan fingerprint density at radius 1 is 1.03 bits per heavy atom. The van der Waals surface area contributed by atoms with Crippen molar-refractivity contribution in [1.29, 1.82) is 0 Å². The summed E-state index contributed by atoms with van der Waals surface area (Å²) in [5.74, 6) is -0.829. The molecule has 0 heterocycles. The molecule has 0 aliphatic heterocycles. The maximum atomic E-state index is 12.3. The highest BCUT2D eigenvalue weighted by atomic mass is 16.5. The molecule has 154 valence electrons. The van der Waals surface area contributed by atoms with Gasteiger partial charge in [-0.1, -0.05) is 60.7 Å². The summed E-state index contributed by atoms with van der Waals surface area (Å²) < 4.78 is 10.4. The van der Waals surface area contributed by atoms with Crippen molar-refractivity contribution in [1.82, 2.24) is 5.32 Å². The van der Waals surface area contributed by atoms with Crippen molar-refractivity contribution in [2.75, 3.05) is 6.61 Å². The van der Waals surface area contributed by atoms with Crippen molar-refractivity contribution in [3.05, 3.63) is 71.8 Å². The van der Waals surface area contributed by atoms with Gasteiger partial charge < -0.3 is 19.9 Å². The normalized spacial score (nSPS) is 19.7. The van der Waals surface area contributed by atoms with Crippen LogP contribution in [-0.4, -0.2) is 35.9 Å². The number of aliphatic hydroxyl groups excluding tert-OH is 1. The van der Waals surface area contributed by atoms with Crippen LogP contribution in [0.25, 0.3) is 0 Å². The average Bonchev–Trinajstić information content (AvgIpc) is 3.54. The highest BCUT2D eigenvalue weighted by Gasteiger charge is 2.50. The fraction of sp³-hybridized carbons (Fsp3) is 0.391. The van der Waals surface area contributed by atoms with Gasteiger partial charge in [0.1, 0.15) is 6.61 Å². The lowest BCUT2D eigenvalue weighted by Crippen LogP contribution is -2.46. The zero-order valence-electron chi connectivity index (χ0n) is 16.5. The van der Waals surface area contributed by atoms with Gasteiger partial charge in [0.15, 0.2) is 0 Å². The minimum atomic E-state index is -0.867. The first-order valence-electron chi connectivity index (χ1n) is 9.94. The number of carbonyl (C=O) groups excluding carboxylic acids is 2. The zero-order valence-corrected chi connectivity index (χ0v) is 16.5. The van der Waals surface area contributed by atoms with E-state index in [0.717, 1.165) is 11.1 Å². The van der Waals surface area contributed by atoms with Crippen LogP contribution in [-0.2, 0) is 27.3 Å². The van der Waals surface area contributed by atoms with Gasteiger partial charge in [0.05, 0.1) is 24.7 Å². The minimum Gasteiger partial charge on any atom is -0.466 e. The van der Waals surface area contributed by atoms with Crippen LogP contribution in [0.15, 0.2) is 60.7 Å². The number of aliphatic hydroxyl groups is 1. The number of nitrogens with one attached hydrogen (secondary N) is 1. The van der Waals surface area contributed by atoms with Crippen LogP contribution in [0.1, 0.15) is 24.5 Å². The second kappa shape index (κ2) is 10.1. The monoisotopic (exact) mass is 397 g/mol. The van der Waals surface area contributed by atoms with Crippen LogP contribution in [0, 0.1) is 11.8 Å². The number of benzene rings is 2. The largest absolute Gasteiger partial charge is 0.466 e. The number of rotatable bonds is 9. The van der Waals surface area contributed by atoms with Gasteiger partial charge in [-0.05, 0) is 30.9 Å². The van der Waals surface area contributed by atoms with Gasteiger partial charge in [-0.2, -0.15) is 0 Å². The summed E-state index contributed by atoms with van der Waals surface area (Å²) in [6.07, 6.45) is -0.461. The highest BCUT2D eigenvalue weighted by molar-refractivity contribution is 5.76. The molecule has 6 nitrogen and oxygen atoms in total. The van der Waals surface area contributed by atoms with E-state index in [9.17, 15) is 14.7 Å². The van der Waals surface area contributed by atoms with E-state index in [-0.39, 0.29) is 24.4 Å². The lowest BCUT2D eigenvalue weighted by atomic mass is 9.97. The van der Waals surface area contributed by atoms with Gasteiger partial charge in [0.2, 0.25) is 0 Å². The first-order chi connectivity index (χ1) is 14.1. The second-order valence-electron chi connectivity index (χ2n) is 7.25. The summed E-state index contributed by atoms with van der Waals surface area (Å²) in [4.78, 5) is 24.3. The van der Waals surface area contributed by atoms with Gasteiger partial charge in [-0.15, -0.1) is 0 Å². The molecular weight excluding hydrogens is 370 g/mol. The summed E-state index contributed by atoms with van der Waals surface area (Å²) in [6.45, 7) is 2.22. The van der Waals surface area contributed by atoms with Crippen LogP contribution in [0.3, 0.4) is 0 Å². The maximum absolute atomic E-state index is 12.3. The third-order valence-corrected chi connectivity index (χ3v) is 5.09. The van der Waals surface area contributed by atoms with E-state index in [2.05, 4.69) is 5.32 Å². The average molecular weight is 397 g/mol. The summed E-state index contributed by atoms with van der Waals surface area (Å²) in [6, 6.07) is 18.4. The van der Waals surface area contributed by atoms with Crippen molar-refractivity contribution in [2.45, 2.75) is 38.5 Å². The Hall–Kier alpha value is -2.86. The quantitative estimate of drug-likeness (QED) is 0.635. The Morgan fingerprint density at radius 3 is 2.28 bits per heavy atom.